The summed E-state index contributed by atoms with van der Waals surface area (Å²) in [5.41, 5.74) is 5.30. The number of aromatic amines is 2. The molecular weight excluding hydrogens is 536 g/mol. The molecule has 9 heteroatoms. The van der Waals surface area contributed by atoms with Crippen molar-refractivity contribution in [2.75, 3.05) is 23.7 Å². The first-order valence-corrected chi connectivity index (χ1v) is 14.6. The van der Waals surface area contributed by atoms with E-state index in [2.05, 4.69) is 80.4 Å². The highest BCUT2D eigenvalue weighted by Crippen LogP contribution is 2.21. The number of fused-ring (bicyclic) bond motifs is 2. The van der Waals surface area contributed by atoms with Gasteiger partial charge in [-0.05, 0) is 65.4 Å². The van der Waals surface area contributed by atoms with Crippen LogP contribution in [-0.4, -0.2) is 48.8 Å². The van der Waals surface area contributed by atoms with E-state index in [9.17, 15) is 4.79 Å². The van der Waals surface area contributed by atoms with Crippen molar-refractivity contribution in [3.8, 4) is 0 Å². The molecule has 0 bridgehead atoms. The second kappa shape index (κ2) is 13.7. The Balaban J connectivity index is 0.000000171. The maximum Gasteiger partial charge on any atom is 0.196 e. The lowest BCUT2D eigenvalue weighted by Gasteiger charge is -2.08. The Hall–Kier alpha value is -5.05. The van der Waals surface area contributed by atoms with Crippen molar-refractivity contribution in [2.24, 2.45) is 11.8 Å². The largest absolute Gasteiger partial charge is 0.370 e. The number of H-pyrrole nitrogens is 2. The smallest absolute Gasteiger partial charge is 0.196 e. The number of anilines is 2. The molecule has 0 saturated carbocycles. The third-order valence-electron chi connectivity index (χ3n) is 6.86. The molecule has 6 aromatic heterocycles. The molecule has 0 aliphatic rings. The van der Waals surface area contributed by atoms with Gasteiger partial charge in [0, 0.05) is 78.6 Å². The average Bonchev–Trinajstić information content (AvgIpc) is 3.64. The predicted molar refractivity (Wildman–Crippen MR) is 174 cm³/mol. The third-order valence-corrected chi connectivity index (χ3v) is 6.86. The minimum atomic E-state index is -0.0536. The number of carbonyl (C=O) groups excluding carboxylic acids is 1. The molecule has 0 aromatic carbocycles. The lowest BCUT2D eigenvalue weighted by atomic mass is 10.1. The molecule has 0 unspecified atom stereocenters. The highest BCUT2D eigenvalue weighted by atomic mass is 16.1. The minimum Gasteiger partial charge on any atom is -0.370 e. The van der Waals surface area contributed by atoms with Crippen LogP contribution < -0.4 is 10.6 Å². The molecule has 0 aliphatic heterocycles. The summed E-state index contributed by atoms with van der Waals surface area (Å²) in [5.74, 6) is 2.83. The molecule has 0 fully saturated rings. The molecular formula is C34H38N8O. The molecule has 4 N–H and O–H groups in total. The number of pyridine rings is 4. The van der Waals surface area contributed by atoms with Crippen molar-refractivity contribution in [3.63, 3.8) is 0 Å². The molecule has 0 amide bonds. The Morgan fingerprint density at radius 2 is 1.33 bits per heavy atom. The zero-order chi connectivity index (χ0) is 30.2. The van der Waals surface area contributed by atoms with Gasteiger partial charge in [-0.15, -0.1) is 0 Å². The number of ketones is 1. The maximum absolute atomic E-state index is 12.6. The highest BCUT2D eigenvalue weighted by molar-refractivity contribution is 6.15. The normalized spacial score (nSPS) is 11.1. The summed E-state index contributed by atoms with van der Waals surface area (Å²) in [6, 6.07) is 15.6. The zero-order valence-corrected chi connectivity index (χ0v) is 25.1. The zero-order valence-electron chi connectivity index (χ0n) is 25.1. The van der Waals surface area contributed by atoms with E-state index >= 15 is 0 Å². The molecule has 6 rings (SSSR count). The van der Waals surface area contributed by atoms with E-state index in [0.717, 1.165) is 42.2 Å². The topological polar surface area (TPSA) is 124 Å². The van der Waals surface area contributed by atoms with Crippen molar-refractivity contribution < 1.29 is 4.79 Å². The monoisotopic (exact) mass is 574 g/mol. The van der Waals surface area contributed by atoms with Gasteiger partial charge in [0.15, 0.2) is 5.78 Å². The predicted octanol–water partition coefficient (Wildman–Crippen LogP) is 6.87. The Morgan fingerprint density at radius 3 is 1.93 bits per heavy atom. The summed E-state index contributed by atoms with van der Waals surface area (Å²) in [7, 11) is 0. The molecule has 0 aliphatic carbocycles. The molecule has 6 heterocycles. The minimum absolute atomic E-state index is 0.0536. The van der Waals surface area contributed by atoms with E-state index in [1.165, 1.54) is 16.5 Å². The van der Waals surface area contributed by atoms with Gasteiger partial charge in [-0.3, -0.25) is 4.79 Å². The van der Waals surface area contributed by atoms with Crippen LogP contribution in [0.2, 0.25) is 0 Å². The van der Waals surface area contributed by atoms with Gasteiger partial charge in [0.25, 0.3) is 0 Å². The van der Waals surface area contributed by atoms with Gasteiger partial charge in [-0.1, -0.05) is 33.8 Å². The van der Waals surface area contributed by atoms with Crippen LogP contribution in [0, 0.1) is 11.8 Å². The quantitative estimate of drug-likeness (QED) is 0.132. The van der Waals surface area contributed by atoms with E-state index < -0.39 is 0 Å². The number of nitrogens with zero attached hydrogens (tertiary/aromatic N) is 4. The number of hydrogen-bond acceptors (Lipinski definition) is 7. The molecule has 43 heavy (non-hydrogen) atoms. The van der Waals surface area contributed by atoms with Gasteiger partial charge in [0.1, 0.15) is 22.9 Å². The fourth-order valence-corrected chi connectivity index (χ4v) is 4.56. The maximum atomic E-state index is 12.6. The molecule has 0 saturated heterocycles. The van der Waals surface area contributed by atoms with E-state index in [1.54, 1.807) is 30.9 Å². The second-order valence-electron chi connectivity index (χ2n) is 11.4. The molecule has 6 aromatic rings. The van der Waals surface area contributed by atoms with Crippen LogP contribution in [0.15, 0.2) is 85.7 Å². The number of carbonyl (C=O) groups is 1. The summed E-state index contributed by atoms with van der Waals surface area (Å²) in [6.07, 6.45) is 11.7. The van der Waals surface area contributed by atoms with Crippen LogP contribution in [-0.2, 0) is 6.42 Å². The van der Waals surface area contributed by atoms with Gasteiger partial charge in [0.2, 0.25) is 0 Å². The van der Waals surface area contributed by atoms with Gasteiger partial charge in [-0.2, -0.15) is 0 Å². The van der Waals surface area contributed by atoms with Crippen molar-refractivity contribution in [1.29, 1.82) is 0 Å². The lowest BCUT2D eigenvalue weighted by Crippen LogP contribution is -2.09. The third kappa shape index (κ3) is 7.62. The Labute approximate surface area is 251 Å². The average molecular weight is 575 g/mol. The Kier molecular flexibility index (Phi) is 9.41. The van der Waals surface area contributed by atoms with E-state index in [-0.39, 0.29) is 5.78 Å². The number of aromatic nitrogens is 6. The van der Waals surface area contributed by atoms with Crippen molar-refractivity contribution in [1.82, 2.24) is 29.9 Å². The standard InChI is InChI=1S/C17H18N4O.C17H20N4/c1-11(2)8-19-15-6-5-12(9-20-15)16(22)14-10-21-17-13(14)4-3-7-18-17;1-12(2)9-19-16-6-5-13(10-20-16)8-14-11-21-17-15(14)4-3-7-18-17/h3-7,9-11H,8H2,1-2H3,(H,18,21)(H,19,20);3-7,10-12H,8-9H2,1-2H3,(H,18,21)(H,19,20). The van der Waals surface area contributed by atoms with Gasteiger partial charge in [0.05, 0.1) is 0 Å². The first-order chi connectivity index (χ1) is 20.9. The van der Waals surface area contributed by atoms with Crippen LogP contribution >= 0.6 is 0 Å². The number of hydrogen-bond donors (Lipinski definition) is 4. The van der Waals surface area contributed by atoms with E-state index in [4.69, 9.17) is 0 Å². The SMILES string of the molecule is CC(C)CNc1ccc(C(=O)c2c[nH]c3ncccc23)cn1.CC(C)CNc1ccc(Cc2c[nH]c3ncccc23)cn1. The van der Waals surface area contributed by atoms with Crippen LogP contribution in [0.4, 0.5) is 11.6 Å². The summed E-state index contributed by atoms with van der Waals surface area (Å²) in [6.45, 7) is 10.4. The molecule has 0 atom stereocenters. The fraction of sp³-hybridized carbons (Fsp3) is 0.265. The lowest BCUT2D eigenvalue weighted by molar-refractivity contribution is 0.104. The van der Waals surface area contributed by atoms with Crippen LogP contribution in [0.25, 0.3) is 22.1 Å². The summed E-state index contributed by atoms with van der Waals surface area (Å²) >= 11 is 0. The van der Waals surface area contributed by atoms with Crippen molar-refractivity contribution in [2.45, 2.75) is 34.1 Å². The molecule has 220 valence electrons. The summed E-state index contributed by atoms with van der Waals surface area (Å²) < 4.78 is 0. The number of nitrogens with one attached hydrogen (secondary N) is 4. The summed E-state index contributed by atoms with van der Waals surface area (Å²) in [4.78, 5) is 36.1. The molecule has 9 nitrogen and oxygen atoms in total. The van der Waals surface area contributed by atoms with Gasteiger partial charge in [-0.25, -0.2) is 19.9 Å². The van der Waals surface area contributed by atoms with E-state index in [1.807, 2.05) is 42.7 Å². The fourth-order valence-electron chi connectivity index (χ4n) is 4.56. The van der Waals surface area contributed by atoms with Crippen molar-refractivity contribution in [3.05, 3.63) is 108 Å². The highest BCUT2D eigenvalue weighted by Gasteiger charge is 2.15. The van der Waals surface area contributed by atoms with Crippen LogP contribution in [0.5, 0.6) is 0 Å². The molecule has 0 radical (unpaired) electrons. The first kappa shape index (κ1) is 29.4. The van der Waals surface area contributed by atoms with Crippen molar-refractivity contribution >= 4 is 39.5 Å². The summed E-state index contributed by atoms with van der Waals surface area (Å²) in [5, 5.41) is 8.58. The van der Waals surface area contributed by atoms with Gasteiger partial charge < -0.3 is 20.6 Å². The van der Waals surface area contributed by atoms with Crippen LogP contribution in [0.3, 0.4) is 0 Å². The number of rotatable bonds is 10. The Morgan fingerprint density at radius 1 is 0.721 bits per heavy atom. The molecule has 0 spiro atoms. The first-order valence-electron chi connectivity index (χ1n) is 14.6. The van der Waals surface area contributed by atoms with Crippen LogP contribution in [0.1, 0.15) is 54.7 Å². The van der Waals surface area contributed by atoms with Gasteiger partial charge >= 0.3 is 0 Å². The second-order valence-corrected chi connectivity index (χ2v) is 11.4. The Bertz CT molecular complexity index is 1770. The van der Waals surface area contributed by atoms with E-state index in [0.29, 0.717) is 28.6 Å².